The van der Waals surface area contributed by atoms with Crippen LogP contribution in [0.1, 0.15) is 51.4 Å². The van der Waals surface area contributed by atoms with Crippen LogP contribution >= 0.6 is 0 Å². The molecule has 19 heavy (non-hydrogen) atoms. The van der Waals surface area contributed by atoms with Gasteiger partial charge in [0.15, 0.2) is 0 Å². The Morgan fingerprint density at radius 1 is 1.05 bits per heavy atom. The van der Waals surface area contributed by atoms with Crippen LogP contribution in [0.5, 0.6) is 0 Å². The fourth-order valence-electron chi connectivity index (χ4n) is 3.23. The number of hydrogen-bond acceptors (Lipinski definition) is 3. The lowest BCUT2D eigenvalue weighted by Gasteiger charge is -2.36. The van der Waals surface area contributed by atoms with E-state index in [1.165, 1.54) is 6.42 Å². The van der Waals surface area contributed by atoms with Gasteiger partial charge in [-0.3, -0.25) is 0 Å². The summed E-state index contributed by atoms with van der Waals surface area (Å²) in [7, 11) is -1.43. The summed E-state index contributed by atoms with van der Waals surface area (Å²) in [5.41, 5.74) is 0. The van der Waals surface area contributed by atoms with Gasteiger partial charge in [-0.2, -0.15) is 17.4 Å². The van der Waals surface area contributed by atoms with Gasteiger partial charge in [-0.1, -0.05) is 25.7 Å². The van der Waals surface area contributed by atoms with Crippen molar-refractivity contribution in [1.82, 2.24) is 14.3 Å². The molecule has 2 rings (SSSR count). The highest BCUT2D eigenvalue weighted by atomic mass is 32.2. The summed E-state index contributed by atoms with van der Waals surface area (Å²) in [6, 6.07) is 0.260. The van der Waals surface area contributed by atoms with Crippen LogP contribution in [0.25, 0.3) is 0 Å². The van der Waals surface area contributed by atoms with Gasteiger partial charge in [-0.15, -0.1) is 0 Å². The zero-order valence-corrected chi connectivity index (χ0v) is 12.7. The molecule has 112 valence electrons. The minimum Gasteiger partial charge on any atom is -0.318 e. The van der Waals surface area contributed by atoms with Gasteiger partial charge in [0.2, 0.25) is 0 Å². The maximum absolute atomic E-state index is 12.5. The molecule has 0 aromatic carbocycles. The summed E-state index contributed by atoms with van der Waals surface area (Å²) in [6.07, 6.45) is 8.58. The van der Waals surface area contributed by atoms with Crippen LogP contribution in [0, 0.1) is 0 Å². The maximum Gasteiger partial charge on any atom is 0.279 e. The molecule has 2 aliphatic rings. The molecule has 1 aliphatic heterocycles. The second-order valence-corrected chi connectivity index (χ2v) is 7.43. The smallest absolute Gasteiger partial charge is 0.279 e. The molecule has 0 spiro atoms. The standard InChI is InChI=1S/C13H27N3O2S/c1-14-11-13-9-5-6-10-16(13)19(17,18)15-12-7-3-2-4-8-12/h12-15H,2-11H2,1H3. The average molecular weight is 289 g/mol. The Morgan fingerprint density at radius 2 is 1.74 bits per heavy atom. The van der Waals surface area contributed by atoms with Crippen LogP contribution in [0.3, 0.4) is 0 Å². The molecular formula is C13H27N3O2S. The Hall–Kier alpha value is -0.170. The summed E-state index contributed by atoms with van der Waals surface area (Å²) < 4.78 is 29.7. The fraction of sp³-hybridized carbons (Fsp3) is 1.00. The zero-order chi connectivity index (χ0) is 13.7. The van der Waals surface area contributed by atoms with E-state index in [1.807, 2.05) is 7.05 Å². The van der Waals surface area contributed by atoms with Crippen molar-refractivity contribution in [2.45, 2.75) is 63.5 Å². The lowest BCUT2D eigenvalue weighted by atomic mass is 9.96. The monoisotopic (exact) mass is 289 g/mol. The van der Waals surface area contributed by atoms with E-state index in [1.54, 1.807) is 4.31 Å². The molecule has 2 N–H and O–H groups in total. The van der Waals surface area contributed by atoms with E-state index < -0.39 is 10.2 Å². The maximum atomic E-state index is 12.5. The third-order valence-corrected chi connectivity index (χ3v) is 5.97. The van der Waals surface area contributed by atoms with E-state index in [9.17, 15) is 8.42 Å². The van der Waals surface area contributed by atoms with E-state index in [0.29, 0.717) is 6.54 Å². The zero-order valence-electron chi connectivity index (χ0n) is 11.9. The highest BCUT2D eigenvalue weighted by Gasteiger charge is 2.33. The predicted molar refractivity (Wildman–Crippen MR) is 77.2 cm³/mol. The molecule has 6 heteroatoms. The topological polar surface area (TPSA) is 61.4 Å². The molecule has 0 aromatic rings. The minimum absolute atomic E-state index is 0.111. The number of nitrogens with one attached hydrogen (secondary N) is 2. The molecule has 0 amide bonds. The minimum atomic E-state index is -3.31. The van der Waals surface area contributed by atoms with E-state index >= 15 is 0 Å². The second kappa shape index (κ2) is 7.02. The first kappa shape index (κ1) is 15.2. The Morgan fingerprint density at radius 3 is 2.42 bits per heavy atom. The third kappa shape index (κ3) is 4.15. The van der Waals surface area contributed by atoms with Crippen molar-refractivity contribution < 1.29 is 8.42 Å². The van der Waals surface area contributed by atoms with Gasteiger partial charge in [0, 0.05) is 25.2 Å². The fourth-order valence-corrected chi connectivity index (χ4v) is 4.96. The van der Waals surface area contributed by atoms with Crippen LogP contribution in [0.15, 0.2) is 0 Å². The summed E-state index contributed by atoms with van der Waals surface area (Å²) in [5, 5.41) is 3.11. The van der Waals surface area contributed by atoms with Crippen molar-refractivity contribution >= 4 is 10.2 Å². The summed E-state index contributed by atoms with van der Waals surface area (Å²) >= 11 is 0. The van der Waals surface area contributed by atoms with Gasteiger partial charge in [-0.05, 0) is 32.7 Å². The van der Waals surface area contributed by atoms with Crippen LogP contribution in [0.2, 0.25) is 0 Å². The first-order valence-corrected chi connectivity index (χ1v) is 9.01. The number of nitrogens with zero attached hydrogens (tertiary/aromatic N) is 1. The Balaban J connectivity index is 1.99. The van der Waals surface area contributed by atoms with Crippen molar-refractivity contribution in [1.29, 1.82) is 0 Å². The van der Waals surface area contributed by atoms with Crippen molar-refractivity contribution in [3.8, 4) is 0 Å². The molecule has 1 aliphatic carbocycles. The molecule has 2 fully saturated rings. The van der Waals surface area contributed by atoms with Gasteiger partial charge in [0.25, 0.3) is 10.2 Å². The summed E-state index contributed by atoms with van der Waals surface area (Å²) in [5.74, 6) is 0. The van der Waals surface area contributed by atoms with Crippen molar-refractivity contribution in [3.05, 3.63) is 0 Å². The largest absolute Gasteiger partial charge is 0.318 e. The highest BCUT2D eigenvalue weighted by molar-refractivity contribution is 7.87. The van der Waals surface area contributed by atoms with E-state index in [0.717, 1.165) is 51.5 Å². The lowest BCUT2D eigenvalue weighted by Crippen LogP contribution is -2.54. The molecule has 0 aromatic heterocycles. The molecule has 1 atom stereocenters. The molecular weight excluding hydrogens is 262 g/mol. The lowest BCUT2D eigenvalue weighted by molar-refractivity contribution is 0.243. The van der Waals surface area contributed by atoms with Gasteiger partial charge >= 0.3 is 0 Å². The summed E-state index contributed by atoms with van der Waals surface area (Å²) in [4.78, 5) is 0. The third-order valence-electron chi connectivity index (χ3n) is 4.24. The molecule has 1 heterocycles. The van der Waals surface area contributed by atoms with Crippen LogP contribution in [-0.4, -0.2) is 44.9 Å². The number of rotatable bonds is 5. The Labute approximate surface area is 117 Å². The van der Waals surface area contributed by atoms with Gasteiger partial charge in [0.05, 0.1) is 0 Å². The second-order valence-electron chi connectivity index (χ2n) is 5.78. The Bertz CT molecular complexity index is 364. The average Bonchev–Trinajstić information content (AvgIpc) is 2.40. The van der Waals surface area contributed by atoms with Crippen LogP contribution < -0.4 is 10.0 Å². The van der Waals surface area contributed by atoms with Crippen molar-refractivity contribution in [2.75, 3.05) is 20.1 Å². The first-order valence-electron chi connectivity index (χ1n) is 7.57. The quantitative estimate of drug-likeness (QED) is 0.800. The van der Waals surface area contributed by atoms with E-state index in [4.69, 9.17) is 0 Å². The van der Waals surface area contributed by atoms with Gasteiger partial charge in [0.1, 0.15) is 0 Å². The summed E-state index contributed by atoms with van der Waals surface area (Å²) in [6.45, 7) is 1.40. The van der Waals surface area contributed by atoms with Crippen molar-refractivity contribution in [2.24, 2.45) is 0 Å². The molecule has 1 saturated carbocycles. The molecule has 1 unspecified atom stereocenters. The molecule has 1 saturated heterocycles. The van der Waals surface area contributed by atoms with Crippen LogP contribution in [-0.2, 0) is 10.2 Å². The van der Waals surface area contributed by atoms with E-state index in [-0.39, 0.29) is 12.1 Å². The Kier molecular flexibility index (Phi) is 5.62. The number of piperidine rings is 1. The molecule has 0 radical (unpaired) electrons. The highest BCUT2D eigenvalue weighted by Crippen LogP contribution is 2.22. The number of likely N-dealkylation sites (N-methyl/N-ethyl adjacent to an activating group) is 1. The number of hydrogen-bond donors (Lipinski definition) is 2. The molecule has 0 bridgehead atoms. The van der Waals surface area contributed by atoms with Crippen molar-refractivity contribution in [3.63, 3.8) is 0 Å². The first-order chi connectivity index (χ1) is 9.13. The van der Waals surface area contributed by atoms with E-state index in [2.05, 4.69) is 10.0 Å². The van der Waals surface area contributed by atoms with Gasteiger partial charge in [-0.25, -0.2) is 0 Å². The normalized spacial score (nSPS) is 27.5. The predicted octanol–water partition coefficient (Wildman–Crippen LogP) is 1.23. The van der Waals surface area contributed by atoms with Crippen LogP contribution in [0.4, 0.5) is 0 Å². The molecule has 5 nitrogen and oxygen atoms in total. The SMILES string of the molecule is CNCC1CCCCN1S(=O)(=O)NC1CCCCC1. The van der Waals surface area contributed by atoms with Gasteiger partial charge < -0.3 is 5.32 Å².